The van der Waals surface area contributed by atoms with Crippen molar-refractivity contribution < 1.29 is 5.11 Å². The highest BCUT2D eigenvalue weighted by molar-refractivity contribution is 5.80. The Bertz CT molecular complexity index is 726. The van der Waals surface area contributed by atoms with Gasteiger partial charge in [0.2, 0.25) is 0 Å². The summed E-state index contributed by atoms with van der Waals surface area (Å²) in [5.74, 6) is 0.164. The third-order valence-electron chi connectivity index (χ3n) is 4.43. The Balaban J connectivity index is 1.76. The molecule has 0 saturated heterocycles. The number of aromatic amines is 1. The van der Waals surface area contributed by atoms with Gasteiger partial charge in [-0.05, 0) is 41.5 Å². The van der Waals surface area contributed by atoms with E-state index in [-0.39, 0.29) is 5.92 Å². The average Bonchev–Trinajstić information content (AvgIpc) is 2.91. The minimum absolute atomic E-state index is 0.164. The Morgan fingerprint density at radius 2 is 1.80 bits per heavy atom. The number of aliphatic hydroxyl groups excluding tert-OH is 1. The van der Waals surface area contributed by atoms with Gasteiger partial charge in [-0.1, -0.05) is 42.5 Å². The van der Waals surface area contributed by atoms with E-state index in [0.717, 1.165) is 29.6 Å². The van der Waals surface area contributed by atoms with E-state index in [2.05, 4.69) is 41.4 Å². The molecule has 2 heteroatoms. The molecule has 2 aromatic carbocycles. The predicted molar refractivity (Wildman–Crippen MR) is 80.8 cm³/mol. The second kappa shape index (κ2) is 4.50. The number of aliphatic hydroxyl groups is 1. The number of aromatic nitrogens is 1. The molecule has 1 aromatic heterocycles. The minimum atomic E-state index is -0.409. The van der Waals surface area contributed by atoms with Crippen LogP contribution in [0.3, 0.4) is 0 Å². The Kier molecular flexibility index (Phi) is 2.64. The molecular formula is C18H17NO. The van der Waals surface area contributed by atoms with Gasteiger partial charge in [0.05, 0.1) is 6.10 Å². The van der Waals surface area contributed by atoms with Gasteiger partial charge in [-0.2, -0.15) is 0 Å². The Labute approximate surface area is 118 Å². The summed E-state index contributed by atoms with van der Waals surface area (Å²) in [6.07, 6.45) is 1.62. The Morgan fingerprint density at radius 3 is 2.70 bits per heavy atom. The van der Waals surface area contributed by atoms with Crippen molar-refractivity contribution >= 4 is 10.9 Å². The molecule has 1 heterocycles. The Hall–Kier alpha value is -2.06. The van der Waals surface area contributed by atoms with Crippen molar-refractivity contribution in [2.24, 2.45) is 0 Å². The van der Waals surface area contributed by atoms with Gasteiger partial charge in [-0.25, -0.2) is 0 Å². The molecule has 0 radical (unpaired) electrons. The van der Waals surface area contributed by atoms with E-state index in [1.807, 2.05) is 18.2 Å². The fraction of sp³-hybridized carbons (Fsp3) is 0.222. The molecule has 3 aromatic rings. The van der Waals surface area contributed by atoms with Crippen molar-refractivity contribution in [1.29, 1.82) is 0 Å². The van der Waals surface area contributed by atoms with E-state index in [1.165, 1.54) is 10.9 Å². The summed E-state index contributed by atoms with van der Waals surface area (Å²) in [5.41, 5.74) is 4.66. The lowest BCUT2D eigenvalue weighted by Crippen LogP contribution is -2.19. The standard InChI is InChI=1S/C18H17NO/c20-18-14-7-3-1-5-12(14)9-10-15(18)17-11-13-6-2-4-8-16(13)19-17/h1-8,11,15,18-20H,9-10H2. The molecule has 0 bridgehead atoms. The van der Waals surface area contributed by atoms with Gasteiger partial charge in [0.25, 0.3) is 0 Å². The fourth-order valence-electron chi connectivity index (χ4n) is 3.36. The number of H-pyrrole nitrogens is 1. The summed E-state index contributed by atoms with van der Waals surface area (Å²) < 4.78 is 0. The van der Waals surface area contributed by atoms with Crippen molar-refractivity contribution in [3.8, 4) is 0 Å². The van der Waals surface area contributed by atoms with Crippen molar-refractivity contribution in [3.63, 3.8) is 0 Å². The van der Waals surface area contributed by atoms with Crippen LogP contribution in [0.25, 0.3) is 10.9 Å². The molecule has 0 amide bonds. The van der Waals surface area contributed by atoms with E-state index >= 15 is 0 Å². The maximum absolute atomic E-state index is 10.7. The molecule has 2 unspecified atom stereocenters. The lowest BCUT2D eigenvalue weighted by Gasteiger charge is -2.29. The van der Waals surface area contributed by atoms with E-state index < -0.39 is 6.10 Å². The quantitative estimate of drug-likeness (QED) is 0.685. The van der Waals surface area contributed by atoms with Crippen LogP contribution < -0.4 is 0 Å². The summed E-state index contributed by atoms with van der Waals surface area (Å²) in [4.78, 5) is 3.47. The molecule has 100 valence electrons. The van der Waals surface area contributed by atoms with Crippen LogP contribution in [0, 0.1) is 0 Å². The normalized spacial score (nSPS) is 21.9. The molecule has 0 spiro atoms. The van der Waals surface area contributed by atoms with Crippen LogP contribution in [0.2, 0.25) is 0 Å². The zero-order valence-corrected chi connectivity index (χ0v) is 11.2. The molecule has 1 aliphatic rings. The van der Waals surface area contributed by atoms with Crippen LogP contribution >= 0.6 is 0 Å². The van der Waals surface area contributed by atoms with Crippen LogP contribution in [0.15, 0.2) is 54.6 Å². The highest BCUT2D eigenvalue weighted by Crippen LogP contribution is 2.40. The van der Waals surface area contributed by atoms with E-state index in [9.17, 15) is 5.11 Å². The third-order valence-corrected chi connectivity index (χ3v) is 4.43. The molecule has 2 N–H and O–H groups in total. The molecule has 0 saturated carbocycles. The van der Waals surface area contributed by atoms with Gasteiger partial charge >= 0.3 is 0 Å². The lowest BCUT2D eigenvalue weighted by atomic mass is 9.80. The topological polar surface area (TPSA) is 36.0 Å². The zero-order valence-electron chi connectivity index (χ0n) is 11.2. The summed E-state index contributed by atoms with van der Waals surface area (Å²) in [6.45, 7) is 0. The molecule has 20 heavy (non-hydrogen) atoms. The molecule has 4 rings (SSSR count). The third kappa shape index (κ3) is 1.76. The highest BCUT2D eigenvalue weighted by Gasteiger charge is 2.29. The first kappa shape index (κ1) is 11.7. The van der Waals surface area contributed by atoms with Crippen LogP contribution in [-0.2, 0) is 6.42 Å². The number of hydrogen-bond acceptors (Lipinski definition) is 1. The molecule has 0 fully saturated rings. The second-order valence-corrected chi connectivity index (χ2v) is 5.60. The Morgan fingerprint density at radius 1 is 1.00 bits per heavy atom. The largest absolute Gasteiger partial charge is 0.388 e. The first-order valence-electron chi connectivity index (χ1n) is 7.16. The molecular weight excluding hydrogens is 246 g/mol. The number of para-hydroxylation sites is 1. The molecule has 0 aliphatic heterocycles. The van der Waals surface area contributed by atoms with Gasteiger partial charge in [-0.15, -0.1) is 0 Å². The highest BCUT2D eigenvalue weighted by atomic mass is 16.3. The molecule has 2 atom stereocenters. The van der Waals surface area contributed by atoms with Gasteiger partial charge in [0.15, 0.2) is 0 Å². The van der Waals surface area contributed by atoms with E-state index in [1.54, 1.807) is 0 Å². The monoisotopic (exact) mass is 263 g/mol. The minimum Gasteiger partial charge on any atom is -0.388 e. The van der Waals surface area contributed by atoms with Crippen molar-refractivity contribution in [2.75, 3.05) is 0 Å². The zero-order chi connectivity index (χ0) is 13.5. The van der Waals surface area contributed by atoms with E-state index in [4.69, 9.17) is 0 Å². The smallest absolute Gasteiger partial charge is 0.0875 e. The second-order valence-electron chi connectivity index (χ2n) is 5.60. The van der Waals surface area contributed by atoms with Gasteiger partial charge in [0, 0.05) is 17.1 Å². The van der Waals surface area contributed by atoms with E-state index in [0.29, 0.717) is 0 Å². The maximum Gasteiger partial charge on any atom is 0.0875 e. The van der Waals surface area contributed by atoms with Gasteiger partial charge in [0.1, 0.15) is 0 Å². The number of aryl methyl sites for hydroxylation is 1. The average molecular weight is 263 g/mol. The number of hydrogen-bond donors (Lipinski definition) is 2. The number of nitrogens with one attached hydrogen (secondary N) is 1. The van der Waals surface area contributed by atoms with Crippen LogP contribution in [0.1, 0.15) is 35.3 Å². The summed E-state index contributed by atoms with van der Waals surface area (Å²) in [5, 5.41) is 11.9. The molecule has 1 aliphatic carbocycles. The summed E-state index contributed by atoms with van der Waals surface area (Å²) in [7, 11) is 0. The number of benzene rings is 2. The number of rotatable bonds is 1. The predicted octanol–water partition coefficient (Wildman–Crippen LogP) is 3.93. The number of fused-ring (bicyclic) bond motifs is 2. The summed E-state index contributed by atoms with van der Waals surface area (Å²) >= 11 is 0. The maximum atomic E-state index is 10.7. The van der Waals surface area contributed by atoms with Gasteiger partial charge < -0.3 is 10.1 Å². The van der Waals surface area contributed by atoms with Crippen LogP contribution in [-0.4, -0.2) is 10.1 Å². The molecule has 2 nitrogen and oxygen atoms in total. The SMILES string of the molecule is OC1c2ccccc2CCC1c1cc2ccccc2[nH]1. The van der Waals surface area contributed by atoms with Crippen molar-refractivity contribution in [1.82, 2.24) is 4.98 Å². The fourth-order valence-corrected chi connectivity index (χ4v) is 3.36. The first-order valence-corrected chi connectivity index (χ1v) is 7.16. The van der Waals surface area contributed by atoms with Crippen molar-refractivity contribution in [3.05, 3.63) is 71.4 Å². The lowest BCUT2D eigenvalue weighted by molar-refractivity contribution is 0.130. The van der Waals surface area contributed by atoms with Crippen LogP contribution in [0.5, 0.6) is 0 Å². The summed E-state index contributed by atoms with van der Waals surface area (Å²) in [6, 6.07) is 18.7. The van der Waals surface area contributed by atoms with Crippen molar-refractivity contribution in [2.45, 2.75) is 24.9 Å². The first-order chi connectivity index (χ1) is 9.83. The van der Waals surface area contributed by atoms with Crippen LogP contribution in [0.4, 0.5) is 0 Å². The van der Waals surface area contributed by atoms with Gasteiger partial charge in [-0.3, -0.25) is 0 Å².